The Morgan fingerprint density at radius 1 is 2.00 bits per heavy atom. The molecule has 0 aromatic heterocycles. The van der Waals surface area contributed by atoms with E-state index in [4.69, 9.17) is 9.69 Å². The van der Waals surface area contributed by atoms with Crippen molar-refractivity contribution < 1.29 is 8.76 Å². The van der Waals surface area contributed by atoms with Gasteiger partial charge in [-0.25, -0.2) is 4.21 Å². The van der Waals surface area contributed by atoms with Gasteiger partial charge in [0.25, 0.3) is 0 Å². The highest BCUT2D eigenvalue weighted by atomic mass is 33.1. The fourth-order valence-electron chi connectivity index (χ4n) is 0. The van der Waals surface area contributed by atoms with Gasteiger partial charge in [0.05, 0.1) is 0 Å². The van der Waals surface area contributed by atoms with Crippen molar-refractivity contribution >= 4 is 21.1 Å². The zero-order valence-corrected chi connectivity index (χ0v) is 3.80. The number of hydrogen-bond acceptors (Lipinski definition) is 2. The molecule has 0 radical (unpaired) electrons. The monoisotopic (exact) mass is 112 g/mol. The predicted molar refractivity (Wildman–Crippen MR) is 22.7 cm³/mol. The summed E-state index contributed by atoms with van der Waals surface area (Å²) in [4.78, 5) is 0. The Morgan fingerprint density at radius 3 is 2.20 bits per heavy atom. The van der Waals surface area contributed by atoms with Gasteiger partial charge in [0.15, 0.2) is 10.1 Å². The van der Waals surface area contributed by atoms with Crippen LogP contribution < -0.4 is 0 Å². The molecule has 1 atom stereocenters. The normalized spacial score (nSPS) is 14.8. The van der Waals surface area contributed by atoms with Crippen molar-refractivity contribution in [1.82, 2.24) is 0 Å². The molecule has 0 spiro atoms. The first-order valence-electron chi connectivity index (χ1n) is 0.720. The Balaban J connectivity index is 2.85. The number of hydrogen-bond donors (Lipinski definition) is 1. The zero-order chi connectivity index (χ0) is 4.28. The molecule has 0 aliphatic carbocycles. The third kappa shape index (κ3) is 4.42. The summed E-state index contributed by atoms with van der Waals surface area (Å²) in [5.74, 6) is 0. The van der Waals surface area contributed by atoms with Gasteiger partial charge >= 0.3 is 0 Å². The summed E-state index contributed by atoms with van der Waals surface area (Å²) in [5, 5.41) is 6.02. The van der Waals surface area contributed by atoms with Crippen molar-refractivity contribution in [3.05, 3.63) is 5.14 Å². The molecule has 0 heterocycles. The molecule has 1 unspecified atom stereocenters. The summed E-state index contributed by atoms with van der Waals surface area (Å²) >= 11 is 0. The highest BCUT2D eigenvalue weighted by molar-refractivity contribution is 8.67. The van der Waals surface area contributed by atoms with E-state index in [-0.39, 0.29) is 11.0 Å². The topological polar surface area (TPSA) is 61.1 Å². The molecular weight excluding hydrogens is 110 g/mol. The van der Waals surface area contributed by atoms with Crippen molar-refractivity contribution in [1.29, 1.82) is 0 Å². The van der Waals surface area contributed by atoms with E-state index in [0.717, 1.165) is 0 Å². The van der Waals surface area contributed by atoms with Gasteiger partial charge in [0.2, 0.25) is 0 Å². The van der Waals surface area contributed by atoms with Gasteiger partial charge in [-0.1, -0.05) is 0 Å². The second-order valence-corrected chi connectivity index (χ2v) is 2.26. The second-order valence-electron chi connectivity index (χ2n) is 0.300. The van der Waals surface area contributed by atoms with Crippen LogP contribution in [0.5, 0.6) is 0 Å². The van der Waals surface area contributed by atoms with Crippen LogP contribution in [0.4, 0.5) is 0 Å². The third-order valence-electron chi connectivity index (χ3n) is 0.0713. The minimum Gasteiger partial charge on any atom is -0.608 e. The van der Waals surface area contributed by atoms with E-state index in [1.807, 2.05) is 0 Å². The highest BCUT2D eigenvalue weighted by Crippen LogP contribution is 1.99. The van der Waals surface area contributed by atoms with Crippen LogP contribution in [0.15, 0.2) is 0 Å². The van der Waals surface area contributed by atoms with E-state index in [0.29, 0.717) is 0 Å². The first-order chi connectivity index (χ1) is 2.27. The Bertz CT molecular complexity index is 42.9. The molecule has 5 heavy (non-hydrogen) atoms. The lowest BCUT2D eigenvalue weighted by molar-refractivity contribution is 0.581. The van der Waals surface area contributed by atoms with E-state index in [1.54, 1.807) is 0 Å². The van der Waals surface area contributed by atoms with Crippen LogP contribution in [-0.4, -0.2) is 8.76 Å². The van der Waals surface area contributed by atoms with E-state index in [9.17, 15) is 4.21 Å². The molecule has 0 bridgehead atoms. The maximum Gasteiger partial charge on any atom is 0.195 e. The smallest absolute Gasteiger partial charge is 0.195 e. The van der Waals surface area contributed by atoms with Gasteiger partial charge in [-0.05, 0) is 0 Å². The summed E-state index contributed by atoms with van der Waals surface area (Å²) < 4.78 is 16.9. The van der Waals surface area contributed by atoms with Crippen LogP contribution in [-0.2, 0) is 10.1 Å². The van der Waals surface area contributed by atoms with Crippen molar-refractivity contribution in [3.63, 3.8) is 0 Å². The average Bonchev–Trinajstić information content (AvgIpc) is 1.38. The van der Waals surface area contributed by atoms with Gasteiger partial charge in [0, 0.05) is 0 Å². The minimum absolute atomic E-state index is 0.157. The predicted octanol–water partition coefficient (Wildman–Crippen LogP) is 0.824. The summed E-state index contributed by atoms with van der Waals surface area (Å²) in [5.41, 5.74) is 0. The molecule has 0 aliphatic rings. The molecule has 0 fully saturated rings. The summed E-state index contributed by atoms with van der Waals surface area (Å²) in [6.45, 7) is 0. The molecule has 0 aliphatic heterocycles. The van der Waals surface area contributed by atoms with Crippen LogP contribution in [0.1, 0.15) is 0 Å². The summed E-state index contributed by atoms with van der Waals surface area (Å²) in [7, 11) is -1.83. The molecule has 32 valence electrons. The average molecular weight is 112 g/mol. The van der Waals surface area contributed by atoms with Gasteiger partial charge in [-0.3, -0.25) is 4.55 Å². The van der Waals surface area contributed by atoms with Crippen molar-refractivity contribution in [2.45, 2.75) is 0 Å². The van der Waals surface area contributed by atoms with Crippen LogP contribution in [0.2, 0.25) is 0 Å². The standard InChI is InChI=1S/H2NO2S2/c1-4-5(2)3/h1H,(H,2,3)/q-1. The van der Waals surface area contributed by atoms with Crippen LogP contribution in [0.25, 0.3) is 5.14 Å². The fourth-order valence-corrected chi connectivity index (χ4v) is 0. The van der Waals surface area contributed by atoms with E-state index < -0.39 is 10.1 Å². The summed E-state index contributed by atoms with van der Waals surface area (Å²) in [6, 6.07) is 0. The van der Waals surface area contributed by atoms with E-state index in [2.05, 4.69) is 0 Å². The maximum atomic E-state index is 9.25. The molecule has 0 aromatic rings. The van der Waals surface area contributed by atoms with Crippen molar-refractivity contribution in [3.8, 4) is 0 Å². The number of nitrogens with one attached hydrogen (secondary N) is 1. The van der Waals surface area contributed by atoms with Gasteiger partial charge in [0.1, 0.15) is 0 Å². The maximum absolute atomic E-state index is 9.25. The molecule has 3 nitrogen and oxygen atoms in total. The Kier molecular flexibility index (Phi) is 2.87. The minimum atomic E-state index is -1.99. The molecule has 0 aromatic carbocycles. The second kappa shape index (κ2) is 2.65. The fraction of sp³-hybridized carbons (Fsp3) is 0. The lowest BCUT2D eigenvalue weighted by Crippen LogP contribution is -1.66. The van der Waals surface area contributed by atoms with Crippen LogP contribution in [0, 0.1) is 0 Å². The zero-order valence-electron chi connectivity index (χ0n) is 2.17. The molecule has 2 N–H and O–H groups in total. The molecule has 0 saturated heterocycles. The van der Waals surface area contributed by atoms with E-state index >= 15 is 0 Å². The lowest BCUT2D eigenvalue weighted by atomic mass is 14.0. The highest BCUT2D eigenvalue weighted by Gasteiger charge is 1.68. The van der Waals surface area contributed by atoms with Gasteiger partial charge < -0.3 is 5.14 Å². The molecule has 0 rings (SSSR count). The largest absolute Gasteiger partial charge is 0.608 e. The SMILES string of the molecule is [NH-]SS(=O)O. The van der Waals surface area contributed by atoms with E-state index in [1.165, 1.54) is 0 Å². The summed E-state index contributed by atoms with van der Waals surface area (Å²) in [6.07, 6.45) is 0. The first kappa shape index (κ1) is 5.42. The Hall–Kier alpha value is 0.420. The quantitative estimate of drug-likeness (QED) is 0.310. The molecule has 0 saturated carbocycles. The van der Waals surface area contributed by atoms with Crippen LogP contribution in [0.3, 0.4) is 0 Å². The Labute approximate surface area is 35.8 Å². The van der Waals surface area contributed by atoms with Crippen molar-refractivity contribution in [2.75, 3.05) is 0 Å². The molecule has 5 heteroatoms. The van der Waals surface area contributed by atoms with Crippen LogP contribution >= 0.6 is 11.0 Å². The van der Waals surface area contributed by atoms with Gasteiger partial charge in [-0.2, -0.15) is 11.0 Å². The van der Waals surface area contributed by atoms with Gasteiger partial charge in [-0.15, -0.1) is 0 Å². The molecular formula is H2NO2S2-. The van der Waals surface area contributed by atoms with Crippen molar-refractivity contribution in [2.24, 2.45) is 0 Å². The lowest BCUT2D eigenvalue weighted by Gasteiger charge is -1.86. The molecule has 0 amide bonds. The first-order valence-corrected chi connectivity index (χ1v) is 3.16. The Morgan fingerprint density at radius 2 is 2.20 bits per heavy atom. The number of rotatable bonds is 1. The third-order valence-corrected chi connectivity index (χ3v) is 0.642.